The van der Waals surface area contributed by atoms with Crippen LogP contribution < -0.4 is 10.1 Å². The van der Waals surface area contributed by atoms with Crippen LogP contribution in [0, 0.1) is 0 Å². The Morgan fingerprint density at radius 1 is 1.14 bits per heavy atom. The topological polar surface area (TPSA) is 76.7 Å². The summed E-state index contributed by atoms with van der Waals surface area (Å²) in [5.41, 5.74) is 2.00. The van der Waals surface area contributed by atoms with E-state index in [4.69, 9.17) is 9.15 Å². The molecule has 1 aliphatic carbocycles. The van der Waals surface area contributed by atoms with E-state index in [-0.39, 0.29) is 17.9 Å². The van der Waals surface area contributed by atoms with Gasteiger partial charge in [-0.15, -0.1) is 0 Å². The summed E-state index contributed by atoms with van der Waals surface area (Å²) >= 11 is 0. The van der Waals surface area contributed by atoms with E-state index in [1.54, 1.807) is 17.2 Å². The molecule has 2 aromatic heterocycles. The summed E-state index contributed by atoms with van der Waals surface area (Å²) in [6.45, 7) is 5.36. The van der Waals surface area contributed by atoms with Gasteiger partial charge in [0.1, 0.15) is 17.0 Å². The molecule has 3 aromatic rings. The third-order valence-electron chi connectivity index (χ3n) is 7.47. The van der Waals surface area contributed by atoms with Crippen molar-refractivity contribution in [2.24, 2.45) is 0 Å². The molecule has 186 valence electrons. The molecule has 1 aliphatic heterocycles. The van der Waals surface area contributed by atoms with Crippen LogP contribution in [-0.2, 0) is 17.9 Å². The van der Waals surface area contributed by atoms with E-state index in [0.29, 0.717) is 31.0 Å². The molecule has 2 amide bonds. The summed E-state index contributed by atoms with van der Waals surface area (Å²) in [7, 11) is 0. The number of ether oxygens (including phenoxy) is 1. The molecule has 1 N–H and O–H groups in total. The Labute approximate surface area is 206 Å². The molecule has 1 saturated carbocycles. The van der Waals surface area contributed by atoms with E-state index in [2.05, 4.69) is 12.2 Å². The molecule has 1 aromatic carbocycles. The van der Waals surface area contributed by atoms with Crippen molar-refractivity contribution in [3.05, 3.63) is 53.9 Å². The van der Waals surface area contributed by atoms with Crippen LogP contribution in [0.2, 0.25) is 0 Å². The highest BCUT2D eigenvalue weighted by molar-refractivity contribution is 6.02. The molecule has 0 saturated heterocycles. The number of aromatic nitrogens is 1. The number of rotatable bonds is 7. The Balaban J connectivity index is 1.45. The molecule has 2 aliphatic rings. The third kappa shape index (κ3) is 4.56. The highest BCUT2D eigenvalue weighted by Gasteiger charge is 2.48. The number of hydrogen-bond acceptors (Lipinski definition) is 4. The maximum Gasteiger partial charge on any atom is 0.271 e. The molecule has 0 spiro atoms. The molecular formula is C28H35N3O4. The molecule has 3 heterocycles. The number of nitrogens with one attached hydrogen (secondary N) is 1. The van der Waals surface area contributed by atoms with Crippen LogP contribution in [0.1, 0.15) is 74.8 Å². The number of fused-ring (bicyclic) bond motifs is 3. The minimum atomic E-state index is -1.03. The predicted octanol–water partition coefficient (Wildman–Crippen LogP) is 5.28. The standard InChI is InChI=1S/C28H35N3O4/c1-3-15-34-22-12-10-20(11-13-22)18-31-26(32)24-17-25-23(14-16-35-25)30(24)19-28(31,2)27(33)29-21-8-6-4-5-7-9-21/h10-14,16-17,21H,3-9,15,18-19H2,1-2H3,(H,29,33)/t28-/m1/s1. The van der Waals surface area contributed by atoms with Gasteiger partial charge in [-0.2, -0.15) is 0 Å². The average Bonchev–Trinajstić information content (AvgIpc) is 3.35. The molecule has 0 bridgehead atoms. The van der Waals surface area contributed by atoms with E-state index >= 15 is 0 Å². The van der Waals surface area contributed by atoms with Crippen LogP contribution >= 0.6 is 0 Å². The second kappa shape index (κ2) is 9.80. The van der Waals surface area contributed by atoms with Gasteiger partial charge in [0.05, 0.1) is 24.9 Å². The van der Waals surface area contributed by atoms with Crippen LogP contribution in [0.25, 0.3) is 11.1 Å². The van der Waals surface area contributed by atoms with Crippen molar-refractivity contribution in [2.75, 3.05) is 6.61 Å². The number of carbonyl (C=O) groups excluding carboxylic acids is 2. The number of carbonyl (C=O) groups is 2. The van der Waals surface area contributed by atoms with Crippen molar-refractivity contribution < 1.29 is 18.7 Å². The zero-order valence-electron chi connectivity index (χ0n) is 20.7. The van der Waals surface area contributed by atoms with E-state index < -0.39 is 5.54 Å². The van der Waals surface area contributed by atoms with Crippen molar-refractivity contribution in [1.29, 1.82) is 0 Å². The lowest BCUT2D eigenvalue weighted by molar-refractivity contribution is -0.134. The van der Waals surface area contributed by atoms with Crippen molar-refractivity contribution >= 4 is 22.9 Å². The summed E-state index contributed by atoms with van der Waals surface area (Å²) in [6, 6.07) is 11.6. The second-order valence-electron chi connectivity index (χ2n) is 10.1. The first kappa shape index (κ1) is 23.5. The van der Waals surface area contributed by atoms with Crippen molar-refractivity contribution in [3.63, 3.8) is 0 Å². The molecule has 0 radical (unpaired) electrons. The van der Waals surface area contributed by atoms with Crippen LogP contribution in [-0.4, -0.2) is 39.5 Å². The molecular weight excluding hydrogens is 442 g/mol. The van der Waals surface area contributed by atoms with Gasteiger partial charge in [0.15, 0.2) is 5.58 Å². The lowest BCUT2D eigenvalue weighted by Crippen LogP contribution is -2.64. The molecule has 5 rings (SSSR count). The normalized spacial score (nSPS) is 21.1. The highest BCUT2D eigenvalue weighted by Crippen LogP contribution is 2.34. The van der Waals surface area contributed by atoms with E-state index in [1.807, 2.05) is 41.8 Å². The molecule has 35 heavy (non-hydrogen) atoms. The second-order valence-corrected chi connectivity index (χ2v) is 10.1. The lowest BCUT2D eigenvalue weighted by atomic mass is 9.93. The summed E-state index contributed by atoms with van der Waals surface area (Å²) in [4.78, 5) is 29.4. The Morgan fingerprint density at radius 2 is 1.89 bits per heavy atom. The minimum Gasteiger partial charge on any atom is -0.494 e. The zero-order valence-corrected chi connectivity index (χ0v) is 20.7. The lowest BCUT2D eigenvalue weighted by Gasteiger charge is -2.44. The Morgan fingerprint density at radius 3 is 2.60 bits per heavy atom. The third-order valence-corrected chi connectivity index (χ3v) is 7.47. The predicted molar refractivity (Wildman–Crippen MR) is 134 cm³/mol. The van der Waals surface area contributed by atoms with E-state index in [1.165, 1.54) is 12.8 Å². The van der Waals surface area contributed by atoms with Gasteiger partial charge < -0.3 is 23.9 Å². The summed E-state index contributed by atoms with van der Waals surface area (Å²) < 4.78 is 13.2. The molecule has 0 unspecified atom stereocenters. The largest absolute Gasteiger partial charge is 0.494 e. The number of furan rings is 1. The maximum atomic E-state index is 13.9. The van der Waals surface area contributed by atoms with Gasteiger partial charge in [0.25, 0.3) is 5.91 Å². The van der Waals surface area contributed by atoms with E-state index in [0.717, 1.165) is 48.9 Å². The fraction of sp³-hybridized carbons (Fsp3) is 0.500. The average molecular weight is 478 g/mol. The molecule has 7 nitrogen and oxygen atoms in total. The number of amides is 2. The van der Waals surface area contributed by atoms with E-state index in [9.17, 15) is 9.59 Å². The smallest absolute Gasteiger partial charge is 0.271 e. The minimum absolute atomic E-state index is 0.0864. The quantitative estimate of drug-likeness (QED) is 0.470. The summed E-state index contributed by atoms with van der Waals surface area (Å²) in [5, 5.41) is 3.31. The van der Waals surface area contributed by atoms with Gasteiger partial charge in [-0.3, -0.25) is 9.59 Å². The van der Waals surface area contributed by atoms with Crippen LogP contribution in [0.3, 0.4) is 0 Å². The summed E-state index contributed by atoms with van der Waals surface area (Å²) in [5.74, 6) is 0.563. The fourth-order valence-corrected chi connectivity index (χ4v) is 5.38. The van der Waals surface area contributed by atoms with Crippen LogP contribution in [0.4, 0.5) is 0 Å². The Hall–Kier alpha value is -3.22. The maximum absolute atomic E-state index is 13.9. The molecule has 7 heteroatoms. The summed E-state index contributed by atoms with van der Waals surface area (Å²) in [6.07, 6.45) is 9.27. The first-order chi connectivity index (χ1) is 17.0. The van der Waals surface area contributed by atoms with Gasteiger partial charge in [-0.25, -0.2) is 0 Å². The van der Waals surface area contributed by atoms with Crippen molar-refractivity contribution in [1.82, 2.24) is 14.8 Å². The van der Waals surface area contributed by atoms with Gasteiger partial charge in [-0.05, 0) is 43.9 Å². The number of benzene rings is 1. The van der Waals surface area contributed by atoms with Gasteiger partial charge in [-0.1, -0.05) is 44.7 Å². The Bertz CT molecular complexity index is 1190. The fourth-order valence-electron chi connectivity index (χ4n) is 5.38. The van der Waals surface area contributed by atoms with Gasteiger partial charge in [0, 0.05) is 24.7 Å². The Kier molecular flexibility index (Phi) is 6.58. The SMILES string of the molecule is CCCOc1ccc(CN2C(=O)c3cc4occc4n3C[C@]2(C)C(=O)NC2CCCCCC2)cc1. The first-order valence-corrected chi connectivity index (χ1v) is 12.9. The van der Waals surface area contributed by atoms with Crippen LogP contribution in [0.5, 0.6) is 5.75 Å². The highest BCUT2D eigenvalue weighted by atomic mass is 16.5. The first-order valence-electron chi connectivity index (χ1n) is 12.9. The van der Waals surface area contributed by atoms with Crippen LogP contribution in [0.15, 0.2) is 47.1 Å². The van der Waals surface area contributed by atoms with Crippen molar-refractivity contribution in [2.45, 2.75) is 83.5 Å². The number of nitrogens with zero attached hydrogens (tertiary/aromatic N) is 2. The monoisotopic (exact) mass is 477 g/mol. The molecule has 1 atom stereocenters. The van der Waals surface area contributed by atoms with Gasteiger partial charge >= 0.3 is 0 Å². The molecule has 1 fully saturated rings. The van der Waals surface area contributed by atoms with Crippen molar-refractivity contribution in [3.8, 4) is 5.75 Å². The zero-order chi connectivity index (χ0) is 24.4. The van der Waals surface area contributed by atoms with Gasteiger partial charge in [0.2, 0.25) is 5.91 Å². The number of hydrogen-bond donors (Lipinski definition) is 1.